The molecule has 9 heteroatoms. The Balaban J connectivity index is 2.06. The third-order valence-corrected chi connectivity index (χ3v) is 4.38. The molecule has 0 atom stereocenters. The zero-order valence-corrected chi connectivity index (χ0v) is 16.2. The van der Waals surface area contributed by atoms with Crippen LogP contribution < -0.4 is 14.2 Å². The summed E-state index contributed by atoms with van der Waals surface area (Å²) in [7, 11) is 4.48. The largest absolute Gasteiger partial charge is 0.496 e. The molecule has 0 saturated heterocycles. The van der Waals surface area contributed by atoms with Gasteiger partial charge < -0.3 is 18.9 Å². The second kappa shape index (κ2) is 8.01. The molecular formula is C20H18N2O7. The smallest absolute Gasteiger partial charge is 0.363 e. The number of esters is 1. The molecule has 0 aromatic heterocycles. The summed E-state index contributed by atoms with van der Waals surface area (Å²) in [4.78, 5) is 27.2. The van der Waals surface area contributed by atoms with Gasteiger partial charge in [-0.3, -0.25) is 10.1 Å². The fourth-order valence-corrected chi connectivity index (χ4v) is 2.89. The highest BCUT2D eigenvalue weighted by atomic mass is 16.6. The molecule has 0 fully saturated rings. The molecule has 0 bridgehead atoms. The molecule has 0 saturated carbocycles. The average Bonchev–Trinajstić information content (AvgIpc) is 3.07. The van der Waals surface area contributed by atoms with Crippen LogP contribution in [0.25, 0.3) is 6.08 Å². The molecule has 0 N–H and O–H groups in total. The SMILES string of the molecule is COc1cc(OC)c(OC)cc1/C=C1/N=C(c2cccc([N+](=O)[O-])c2C)OC1=O. The number of nitro benzene ring substituents is 1. The minimum atomic E-state index is -0.678. The van der Waals surface area contributed by atoms with Crippen LogP contribution in [0.15, 0.2) is 41.0 Å². The van der Waals surface area contributed by atoms with Crippen molar-refractivity contribution >= 4 is 23.6 Å². The van der Waals surface area contributed by atoms with Crippen LogP contribution in [0.3, 0.4) is 0 Å². The van der Waals surface area contributed by atoms with Crippen molar-refractivity contribution in [3.8, 4) is 17.2 Å². The van der Waals surface area contributed by atoms with Gasteiger partial charge >= 0.3 is 5.97 Å². The Labute approximate surface area is 166 Å². The lowest BCUT2D eigenvalue weighted by Gasteiger charge is -2.12. The van der Waals surface area contributed by atoms with E-state index >= 15 is 0 Å². The summed E-state index contributed by atoms with van der Waals surface area (Å²) in [5, 5.41) is 11.2. The standard InChI is InChI=1S/C20H18N2O7/c1-11-13(6-5-7-15(11)22(24)25)19-21-14(20(23)29-19)8-12-9-17(27-3)18(28-4)10-16(12)26-2/h5-10H,1-4H3/b14-8+. The first-order valence-corrected chi connectivity index (χ1v) is 8.46. The van der Waals surface area contributed by atoms with Gasteiger partial charge in [-0.15, -0.1) is 0 Å². The van der Waals surface area contributed by atoms with Gasteiger partial charge in [0.1, 0.15) is 5.75 Å². The van der Waals surface area contributed by atoms with Crippen molar-refractivity contribution in [3.63, 3.8) is 0 Å². The number of hydrogen-bond donors (Lipinski definition) is 0. The molecule has 0 unspecified atom stereocenters. The van der Waals surface area contributed by atoms with Gasteiger partial charge in [0.15, 0.2) is 17.2 Å². The molecule has 0 aliphatic carbocycles. The Kier molecular flexibility index (Phi) is 5.49. The molecule has 150 valence electrons. The number of carbonyl (C=O) groups excluding carboxylic acids is 1. The van der Waals surface area contributed by atoms with Gasteiger partial charge in [-0.1, -0.05) is 6.07 Å². The van der Waals surface area contributed by atoms with Crippen LogP contribution in [0.5, 0.6) is 17.2 Å². The van der Waals surface area contributed by atoms with Crippen LogP contribution in [-0.4, -0.2) is 38.1 Å². The molecule has 0 spiro atoms. The predicted molar refractivity (Wildman–Crippen MR) is 105 cm³/mol. The maximum atomic E-state index is 12.3. The number of carbonyl (C=O) groups is 1. The van der Waals surface area contributed by atoms with E-state index in [-0.39, 0.29) is 17.3 Å². The first-order chi connectivity index (χ1) is 13.9. The van der Waals surface area contributed by atoms with Crippen LogP contribution in [0.2, 0.25) is 0 Å². The van der Waals surface area contributed by atoms with Crippen molar-refractivity contribution in [3.05, 3.63) is 62.8 Å². The van der Waals surface area contributed by atoms with E-state index in [9.17, 15) is 14.9 Å². The van der Waals surface area contributed by atoms with E-state index in [1.807, 2.05) is 0 Å². The van der Waals surface area contributed by atoms with Gasteiger partial charge in [0.05, 0.1) is 26.3 Å². The first-order valence-electron chi connectivity index (χ1n) is 8.46. The Morgan fingerprint density at radius 1 is 1.07 bits per heavy atom. The van der Waals surface area contributed by atoms with E-state index in [2.05, 4.69) is 4.99 Å². The number of nitro groups is 1. The lowest BCUT2D eigenvalue weighted by atomic mass is 10.1. The molecular weight excluding hydrogens is 380 g/mol. The van der Waals surface area contributed by atoms with Gasteiger partial charge in [-0.2, -0.15) is 0 Å². The second-order valence-electron chi connectivity index (χ2n) is 5.99. The molecule has 3 rings (SSSR count). The summed E-state index contributed by atoms with van der Waals surface area (Å²) in [5.41, 5.74) is 1.19. The Bertz CT molecular complexity index is 1060. The zero-order chi connectivity index (χ0) is 21.1. The molecule has 2 aromatic carbocycles. The van der Waals surface area contributed by atoms with E-state index in [0.29, 0.717) is 33.9 Å². The highest BCUT2D eigenvalue weighted by Gasteiger charge is 2.28. The number of ether oxygens (including phenoxy) is 4. The number of methoxy groups -OCH3 is 3. The minimum Gasteiger partial charge on any atom is -0.496 e. The van der Waals surface area contributed by atoms with Crippen LogP contribution in [0.1, 0.15) is 16.7 Å². The summed E-state index contributed by atoms with van der Waals surface area (Å²) in [6.07, 6.45) is 1.49. The quantitative estimate of drug-likeness (QED) is 0.318. The molecule has 1 heterocycles. The normalized spacial score (nSPS) is 14.4. The maximum absolute atomic E-state index is 12.3. The molecule has 0 radical (unpaired) electrons. The summed E-state index contributed by atoms with van der Waals surface area (Å²) in [6.45, 7) is 1.57. The van der Waals surface area contributed by atoms with Gasteiger partial charge in [0, 0.05) is 28.8 Å². The fraction of sp³-hybridized carbons (Fsp3) is 0.200. The van der Waals surface area contributed by atoms with Crippen molar-refractivity contribution in [2.24, 2.45) is 4.99 Å². The minimum absolute atomic E-state index is 0.00175. The third-order valence-electron chi connectivity index (χ3n) is 4.38. The highest BCUT2D eigenvalue weighted by molar-refractivity contribution is 6.13. The zero-order valence-electron chi connectivity index (χ0n) is 16.2. The lowest BCUT2D eigenvalue weighted by Crippen LogP contribution is -2.08. The number of rotatable bonds is 6. The van der Waals surface area contributed by atoms with Gasteiger partial charge in [0.2, 0.25) is 5.90 Å². The number of cyclic esters (lactones) is 1. The van der Waals surface area contributed by atoms with Crippen LogP contribution in [0.4, 0.5) is 5.69 Å². The third kappa shape index (κ3) is 3.75. The predicted octanol–water partition coefficient (Wildman–Crippen LogP) is 3.27. The van der Waals surface area contributed by atoms with Gasteiger partial charge in [-0.25, -0.2) is 9.79 Å². The second-order valence-corrected chi connectivity index (χ2v) is 5.99. The number of hydrogen-bond acceptors (Lipinski definition) is 8. The van der Waals surface area contributed by atoms with Crippen LogP contribution >= 0.6 is 0 Å². The summed E-state index contributed by atoms with van der Waals surface area (Å²) in [6, 6.07) is 7.76. The van der Waals surface area contributed by atoms with E-state index in [1.165, 1.54) is 39.5 Å². The van der Waals surface area contributed by atoms with Gasteiger partial charge in [-0.05, 0) is 25.1 Å². The molecule has 2 aromatic rings. The Morgan fingerprint density at radius 2 is 1.72 bits per heavy atom. The van der Waals surface area contributed by atoms with E-state index in [4.69, 9.17) is 18.9 Å². The van der Waals surface area contributed by atoms with Gasteiger partial charge in [0.25, 0.3) is 5.69 Å². The fourth-order valence-electron chi connectivity index (χ4n) is 2.89. The molecule has 1 aliphatic heterocycles. The van der Waals surface area contributed by atoms with Crippen molar-refractivity contribution in [2.75, 3.05) is 21.3 Å². The molecule has 29 heavy (non-hydrogen) atoms. The number of aliphatic imine (C=N–C) groups is 1. The van der Waals surface area contributed by atoms with E-state index < -0.39 is 10.9 Å². The van der Waals surface area contributed by atoms with E-state index in [1.54, 1.807) is 25.1 Å². The number of nitrogens with zero attached hydrogens (tertiary/aromatic N) is 2. The van der Waals surface area contributed by atoms with Crippen LogP contribution in [-0.2, 0) is 9.53 Å². The van der Waals surface area contributed by atoms with Crippen molar-refractivity contribution in [2.45, 2.75) is 6.92 Å². The molecule has 1 aliphatic rings. The molecule has 0 amide bonds. The van der Waals surface area contributed by atoms with Crippen molar-refractivity contribution in [1.82, 2.24) is 0 Å². The maximum Gasteiger partial charge on any atom is 0.363 e. The van der Waals surface area contributed by atoms with Crippen molar-refractivity contribution < 1.29 is 28.7 Å². The van der Waals surface area contributed by atoms with Crippen LogP contribution in [0, 0.1) is 17.0 Å². The van der Waals surface area contributed by atoms with E-state index in [0.717, 1.165) is 0 Å². The first kappa shape index (κ1) is 19.9. The Hall–Kier alpha value is -3.88. The monoisotopic (exact) mass is 398 g/mol. The average molecular weight is 398 g/mol. The summed E-state index contributed by atoms with van der Waals surface area (Å²) in [5.74, 6) is 0.685. The highest BCUT2D eigenvalue weighted by Crippen LogP contribution is 2.36. The topological polar surface area (TPSA) is 109 Å². The summed E-state index contributed by atoms with van der Waals surface area (Å²) < 4.78 is 21.1. The number of benzene rings is 2. The lowest BCUT2D eigenvalue weighted by molar-refractivity contribution is -0.385. The Morgan fingerprint density at radius 3 is 2.34 bits per heavy atom. The van der Waals surface area contributed by atoms with Crippen molar-refractivity contribution in [1.29, 1.82) is 0 Å². The molecule has 9 nitrogen and oxygen atoms in total. The summed E-state index contributed by atoms with van der Waals surface area (Å²) >= 11 is 0.